The maximum absolute atomic E-state index is 11.8. The molecule has 1 aromatic heterocycles. The van der Waals surface area contributed by atoms with Crippen molar-refractivity contribution < 1.29 is 8.42 Å². The van der Waals surface area contributed by atoms with Crippen molar-refractivity contribution in [3.8, 4) is 12.1 Å². The second-order valence-corrected chi connectivity index (χ2v) is 11.4. The lowest BCUT2D eigenvalue weighted by atomic mass is 10.0. The quantitative estimate of drug-likeness (QED) is 0.536. The van der Waals surface area contributed by atoms with Crippen LogP contribution in [-0.2, 0) is 22.2 Å². The summed E-state index contributed by atoms with van der Waals surface area (Å²) in [6, 6.07) is 11.9. The molecule has 0 N–H and O–H groups in total. The topological polar surface area (TPSA) is 104 Å². The van der Waals surface area contributed by atoms with Crippen LogP contribution in [0.15, 0.2) is 29.3 Å². The Labute approximate surface area is 206 Å². The summed E-state index contributed by atoms with van der Waals surface area (Å²) in [5, 5.41) is 20.5. The maximum Gasteiger partial charge on any atom is 0.231 e. The monoisotopic (exact) mass is 498 g/mol. The van der Waals surface area contributed by atoms with Crippen molar-refractivity contribution in [3.05, 3.63) is 46.5 Å². The molecule has 180 valence electrons. The van der Waals surface area contributed by atoms with Crippen molar-refractivity contribution in [2.45, 2.75) is 30.5 Å². The standard InChI is InChI=1S/C24H30N6O2S2/c1-5-20-21(15-25)23(30-12-6-11-28(2)13-14-30)27-24(22(20)16-26)33-17-18-7-9-19(10-8-18)29(3)34(4,31)32/h7-10H,5-6,11-14,17H2,1-4H3. The molecular formula is C24H30N6O2S2. The van der Waals surface area contributed by atoms with Crippen LogP contribution in [0.25, 0.3) is 0 Å². The lowest BCUT2D eigenvalue weighted by Gasteiger charge is -2.25. The average Bonchev–Trinajstić information content (AvgIpc) is 3.05. The van der Waals surface area contributed by atoms with E-state index in [1.54, 1.807) is 12.1 Å². The van der Waals surface area contributed by atoms with Gasteiger partial charge in [0.25, 0.3) is 0 Å². The third-order valence-electron chi connectivity index (χ3n) is 6.02. The number of aromatic nitrogens is 1. The normalized spacial score (nSPS) is 14.8. The van der Waals surface area contributed by atoms with E-state index in [-0.39, 0.29) is 0 Å². The van der Waals surface area contributed by atoms with Crippen LogP contribution in [0.3, 0.4) is 0 Å². The van der Waals surface area contributed by atoms with Crippen LogP contribution in [0.4, 0.5) is 11.5 Å². The molecule has 0 aliphatic carbocycles. The molecule has 0 unspecified atom stereocenters. The van der Waals surface area contributed by atoms with Crippen LogP contribution in [-0.4, -0.2) is 64.8 Å². The fourth-order valence-corrected chi connectivity index (χ4v) is 5.38. The molecule has 10 heteroatoms. The van der Waals surface area contributed by atoms with Gasteiger partial charge in [-0.05, 0) is 49.7 Å². The van der Waals surface area contributed by atoms with Crippen LogP contribution in [0.5, 0.6) is 0 Å². The highest BCUT2D eigenvalue weighted by molar-refractivity contribution is 7.98. The molecule has 0 bridgehead atoms. The first-order chi connectivity index (χ1) is 16.2. The Morgan fingerprint density at radius 3 is 2.35 bits per heavy atom. The van der Waals surface area contributed by atoms with E-state index in [0.717, 1.165) is 43.7 Å². The van der Waals surface area contributed by atoms with Crippen molar-refractivity contribution in [2.75, 3.05) is 55.7 Å². The van der Waals surface area contributed by atoms with Gasteiger partial charge in [-0.3, -0.25) is 4.31 Å². The van der Waals surface area contributed by atoms with E-state index < -0.39 is 10.0 Å². The lowest BCUT2D eigenvalue weighted by molar-refractivity contribution is 0.360. The number of likely N-dealkylation sites (N-methyl/N-ethyl adjacent to an activating group) is 1. The third-order valence-corrected chi connectivity index (χ3v) is 8.27. The first-order valence-electron chi connectivity index (χ1n) is 11.2. The van der Waals surface area contributed by atoms with Crippen molar-refractivity contribution >= 4 is 33.3 Å². The summed E-state index contributed by atoms with van der Waals surface area (Å²) in [4.78, 5) is 9.29. The Hall–Kier alpha value is -2.79. The molecule has 2 heterocycles. The molecule has 0 spiro atoms. The second-order valence-electron chi connectivity index (χ2n) is 8.38. The number of benzene rings is 1. The van der Waals surface area contributed by atoms with Crippen LogP contribution in [0.2, 0.25) is 0 Å². The van der Waals surface area contributed by atoms with Gasteiger partial charge in [-0.15, -0.1) is 11.8 Å². The molecule has 1 saturated heterocycles. The van der Waals surface area contributed by atoms with Crippen LogP contribution >= 0.6 is 11.8 Å². The number of nitrogens with zero attached hydrogens (tertiary/aromatic N) is 6. The predicted molar refractivity (Wildman–Crippen MR) is 137 cm³/mol. The van der Waals surface area contributed by atoms with Gasteiger partial charge >= 0.3 is 0 Å². The average molecular weight is 499 g/mol. The molecule has 1 aliphatic heterocycles. The van der Waals surface area contributed by atoms with Crippen LogP contribution < -0.4 is 9.21 Å². The van der Waals surface area contributed by atoms with E-state index in [1.807, 2.05) is 19.1 Å². The summed E-state index contributed by atoms with van der Waals surface area (Å²) < 4.78 is 24.8. The largest absolute Gasteiger partial charge is 0.354 e. The Morgan fingerprint density at radius 2 is 1.76 bits per heavy atom. The minimum absolute atomic E-state index is 0.466. The smallest absolute Gasteiger partial charge is 0.231 e. The maximum atomic E-state index is 11.8. The Kier molecular flexibility index (Phi) is 8.42. The van der Waals surface area contributed by atoms with Gasteiger partial charge in [-0.1, -0.05) is 19.1 Å². The summed E-state index contributed by atoms with van der Waals surface area (Å²) in [5.41, 5.74) is 3.29. The SMILES string of the molecule is CCc1c(C#N)c(SCc2ccc(N(C)S(C)(=O)=O)cc2)nc(N2CCCN(C)CC2)c1C#N. The number of hydrogen-bond acceptors (Lipinski definition) is 8. The number of anilines is 2. The van der Waals surface area contributed by atoms with Crippen molar-refractivity contribution in [1.82, 2.24) is 9.88 Å². The Bertz CT molecular complexity index is 1220. The number of pyridine rings is 1. The van der Waals surface area contributed by atoms with Gasteiger partial charge in [-0.25, -0.2) is 13.4 Å². The van der Waals surface area contributed by atoms with E-state index in [1.165, 1.54) is 29.4 Å². The van der Waals surface area contributed by atoms with Gasteiger partial charge in [0.05, 0.1) is 23.1 Å². The minimum atomic E-state index is -3.32. The molecule has 1 fully saturated rings. The van der Waals surface area contributed by atoms with E-state index in [0.29, 0.717) is 39.8 Å². The molecule has 1 aromatic carbocycles. The fourth-order valence-electron chi connectivity index (χ4n) is 3.92. The zero-order chi connectivity index (χ0) is 24.9. The highest BCUT2D eigenvalue weighted by atomic mass is 32.2. The molecule has 0 amide bonds. The van der Waals surface area contributed by atoms with Crippen LogP contribution in [0.1, 0.15) is 35.6 Å². The predicted octanol–water partition coefficient (Wildman–Crippen LogP) is 3.22. The first kappa shape index (κ1) is 25.8. The van der Waals surface area contributed by atoms with Gasteiger partial charge < -0.3 is 9.80 Å². The summed E-state index contributed by atoms with van der Waals surface area (Å²) in [6.45, 7) is 5.46. The number of sulfonamides is 1. The van der Waals surface area contributed by atoms with Crippen molar-refractivity contribution in [3.63, 3.8) is 0 Å². The van der Waals surface area contributed by atoms with Gasteiger partial charge in [-0.2, -0.15) is 10.5 Å². The third kappa shape index (κ3) is 5.82. The molecular weight excluding hydrogens is 468 g/mol. The van der Waals surface area contributed by atoms with E-state index in [4.69, 9.17) is 4.98 Å². The Balaban J connectivity index is 1.92. The van der Waals surface area contributed by atoms with Gasteiger partial charge in [0.2, 0.25) is 10.0 Å². The molecule has 34 heavy (non-hydrogen) atoms. The number of thioether (sulfide) groups is 1. The summed E-state index contributed by atoms with van der Waals surface area (Å²) in [6.07, 6.45) is 2.73. The summed E-state index contributed by atoms with van der Waals surface area (Å²) >= 11 is 1.47. The molecule has 3 rings (SSSR count). The molecule has 0 saturated carbocycles. The summed E-state index contributed by atoms with van der Waals surface area (Å²) in [7, 11) is 0.296. The fraction of sp³-hybridized carbons (Fsp3) is 0.458. The molecule has 0 radical (unpaired) electrons. The minimum Gasteiger partial charge on any atom is -0.354 e. The zero-order valence-electron chi connectivity index (χ0n) is 20.1. The molecule has 8 nitrogen and oxygen atoms in total. The first-order valence-corrected chi connectivity index (χ1v) is 14.0. The summed E-state index contributed by atoms with van der Waals surface area (Å²) in [5.74, 6) is 1.24. The molecule has 2 aromatic rings. The lowest BCUT2D eigenvalue weighted by Crippen LogP contribution is -2.30. The van der Waals surface area contributed by atoms with Gasteiger partial charge in [0.1, 0.15) is 23.0 Å². The van der Waals surface area contributed by atoms with Crippen molar-refractivity contribution in [1.29, 1.82) is 10.5 Å². The van der Waals surface area contributed by atoms with Gasteiger partial charge in [0, 0.05) is 32.4 Å². The van der Waals surface area contributed by atoms with E-state index >= 15 is 0 Å². The molecule has 0 atom stereocenters. The van der Waals surface area contributed by atoms with E-state index in [9.17, 15) is 18.9 Å². The number of hydrogen-bond donors (Lipinski definition) is 0. The molecule has 1 aliphatic rings. The number of nitriles is 2. The highest BCUT2D eigenvalue weighted by Gasteiger charge is 2.24. The zero-order valence-corrected chi connectivity index (χ0v) is 21.7. The Morgan fingerprint density at radius 1 is 1.09 bits per heavy atom. The number of rotatable bonds is 7. The van der Waals surface area contributed by atoms with Crippen molar-refractivity contribution in [2.24, 2.45) is 0 Å². The second kappa shape index (κ2) is 11.1. The van der Waals surface area contributed by atoms with Gasteiger partial charge in [0.15, 0.2) is 0 Å². The highest BCUT2D eigenvalue weighted by Crippen LogP contribution is 2.34. The van der Waals surface area contributed by atoms with Crippen LogP contribution in [0, 0.1) is 22.7 Å². The van der Waals surface area contributed by atoms with E-state index in [2.05, 4.69) is 29.0 Å².